The molecule has 1 aromatic carbocycles. The van der Waals surface area contributed by atoms with Crippen molar-refractivity contribution in [1.82, 2.24) is 4.98 Å². The summed E-state index contributed by atoms with van der Waals surface area (Å²) in [7, 11) is 0. The third-order valence-electron chi connectivity index (χ3n) is 2.58. The van der Waals surface area contributed by atoms with Crippen LogP contribution >= 0.6 is 11.8 Å². The van der Waals surface area contributed by atoms with E-state index >= 15 is 0 Å². The van der Waals surface area contributed by atoms with Gasteiger partial charge in [-0.05, 0) is 24.1 Å². The number of hydrogen-bond donors (Lipinski definition) is 1. The molecule has 0 aliphatic rings. The normalized spacial score (nSPS) is 13.1. The third-order valence-corrected chi connectivity index (χ3v) is 3.74. The number of nitrogen functional groups attached to an aromatic ring is 1. The number of anilines is 1. The van der Waals surface area contributed by atoms with Crippen molar-refractivity contribution in [3.05, 3.63) is 18.2 Å². The van der Waals surface area contributed by atoms with Crippen LogP contribution in [0.3, 0.4) is 0 Å². The predicted octanol–water partition coefficient (Wildman–Crippen LogP) is 3.55. The average molecular weight is 236 g/mol. The molecule has 4 heteroatoms. The molecule has 86 valence electrons. The first-order valence-electron chi connectivity index (χ1n) is 5.48. The summed E-state index contributed by atoms with van der Waals surface area (Å²) in [5, 5.41) is 0.737. The Morgan fingerprint density at radius 3 is 3.06 bits per heavy atom. The van der Waals surface area contributed by atoms with E-state index in [4.69, 9.17) is 10.2 Å². The van der Waals surface area contributed by atoms with Gasteiger partial charge in [-0.2, -0.15) is 0 Å². The highest BCUT2D eigenvalue weighted by atomic mass is 32.2. The molecule has 1 unspecified atom stereocenters. The highest BCUT2D eigenvalue weighted by Crippen LogP contribution is 2.26. The van der Waals surface area contributed by atoms with Crippen LogP contribution in [0, 0.1) is 5.92 Å². The minimum Gasteiger partial charge on any atom is -0.431 e. The van der Waals surface area contributed by atoms with E-state index in [1.54, 1.807) is 11.8 Å². The molecule has 16 heavy (non-hydrogen) atoms. The van der Waals surface area contributed by atoms with Crippen molar-refractivity contribution >= 4 is 28.5 Å². The zero-order valence-electron chi connectivity index (χ0n) is 9.56. The lowest BCUT2D eigenvalue weighted by molar-refractivity contribution is 0.487. The van der Waals surface area contributed by atoms with Crippen LogP contribution < -0.4 is 5.73 Å². The van der Waals surface area contributed by atoms with Gasteiger partial charge in [-0.25, -0.2) is 4.98 Å². The number of thioether (sulfide) groups is 1. The molecule has 1 atom stereocenters. The number of aromatic nitrogens is 1. The highest BCUT2D eigenvalue weighted by molar-refractivity contribution is 7.99. The Bertz CT molecular complexity index is 481. The zero-order valence-corrected chi connectivity index (χ0v) is 10.4. The van der Waals surface area contributed by atoms with Gasteiger partial charge in [0.2, 0.25) is 0 Å². The van der Waals surface area contributed by atoms with Gasteiger partial charge in [-0.15, -0.1) is 0 Å². The molecule has 0 fully saturated rings. The van der Waals surface area contributed by atoms with E-state index in [-0.39, 0.29) is 0 Å². The summed E-state index contributed by atoms with van der Waals surface area (Å²) >= 11 is 1.67. The van der Waals surface area contributed by atoms with Crippen LogP contribution in [0.5, 0.6) is 0 Å². The van der Waals surface area contributed by atoms with Crippen molar-refractivity contribution in [2.45, 2.75) is 25.5 Å². The molecule has 0 amide bonds. The van der Waals surface area contributed by atoms with Gasteiger partial charge in [0.05, 0.1) is 0 Å². The molecule has 1 heterocycles. The molecule has 0 spiro atoms. The maximum atomic E-state index is 5.69. The lowest BCUT2D eigenvalue weighted by Crippen LogP contribution is -1.94. The van der Waals surface area contributed by atoms with Gasteiger partial charge in [0.25, 0.3) is 5.22 Å². The first-order chi connectivity index (χ1) is 7.69. The summed E-state index contributed by atoms with van der Waals surface area (Å²) in [6.45, 7) is 4.42. The fourth-order valence-corrected chi connectivity index (χ4v) is 2.29. The third kappa shape index (κ3) is 2.50. The van der Waals surface area contributed by atoms with Gasteiger partial charge in [0, 0.05) is 11.4 Å². The van der Waals surface area contributed by atoms with Crippen LogP contribution in [0.1, 0.15) is 20.3 Å². The molecule has 0 bridgehead atoms. The molecular formula is C12H16N2OS. The van der Waals surface area contributed by atoms with Crippen molar-refractivity contribution in [3.63, 3.8) is 0 Å². The Labute approximate surface area is 99.4 Å². The van der Waals surface area contributed by atoms with Crippen LogP contribution in [0.4, 0.5) is 5.69 Å². The van der Waals surface area contributed by atoms with E-state index in [2.05, 4.69) is 18.8 Å². The molecule has 1 aromatic heterocycles. The second-order valence-electron chi connectivity index (χ2n) is 4.03. The lowest BCUT2D eigenvalue weighted by Gasteiger charge is -2.03. The van der Waals surface area contributed by atoms with E-state index in [0.717, 1.165) is 27.8 Å². The van der Waals surface area contributed by atoms with Crippen LogP contribution in [0.25, 0.3) is 11.1 Å². The Hall–Kier alpha value is -1.16. The summed E-state index contributed by atoms with van der Waals surface area (Å²) in [5.41, 5.74) is 8.06. The fraction of sp³-hybridized carbons (Fsp3) is 0.417. The smallest absolute Gasteiger partial charge is 0.256 e. The van der Waals surface area contributed by atoms with Crippen LogP contribution in [-0.4, -0.2) is 10.7 Å². The van der Waals surface area contributed by atoms with Crippen LogP contribution in [0.15, 0.2) is 27.8 Å². The summed E-state index contributed by atoms with van der Waals surface area (Å²) < 4.78 is 5.61. The summed E-state index contributed by atoms with van der Waals surface area (Å²) in [6.07, 6.45) is 1.18. The van der Waals surface area contributed by atoms with Crippen molar-refractivity contribution in [1.29, 1.82) is 0 Å². The quantitative estimate of drug-likeness (QED) is 0.651. The average Bonchev–Trinajstić information content (AvgIpc) is 2.67. The number of oxazole rings is 1. The number of benzene rings is 1. The molecule has 0 saturated heterocycles. The van der Waals surface area contributed by atoms with Gasteiger partial charge in [0.15, 0.2) is 5.58 Å². The molecule has 2 N–H and O–H groups in total. The minimum absolute atomic E-state index is 0.685. The number of fused-ring (bicyclic) bond motifs is 1. The highest BCUT2D eigenvalue weighted by Gasteiger charge is 2.08. The van der Waals surface area contributed by atoms with Crippen molar-refractivity contribution in [3.8, 4) is 0 Å². The SMILES string of the molecule is CCC(C)CSc1nc2cc(N)ccc2o1. The predicted molar refractivity (Wildman–Crippen MR) is 68.6 cm³/mol. The van der Waals surface area contributed by atoms with Gasteiger partial charge < -0.3 is 10.2 Å². The van der Waals surface area contributed by atoms with Crippen molar-refractivity contribution in [2.24, 2.45) is 5.92 Å². The van der Waals surface area contributed by atoms with Gasteiger partial charge in [0.1, 0.15) is 5.52 Å². The first kappa shape index (κ1) is 11.3. The largest absolute Gasteiger partial charge is 0.431 e. The number of hydrogen-bond acceptors (Lipinski definition) is 4. The molecule has 0 radical (unpaired) electrons. The van der Waals surface area contributed by atoms with E-state index in [1.165, 1.54) is 6.42 Å². The Kier molecular flexibility index (Phi) is 3.39. The second-order valence-corrected chi connectivity index (χ2v) is 5.00. The standard InChI is InChI=1S/C12H16N2OS/c1-3-8(2)7-16-12-14-10-6-9(13)4-5-11(10)15-12/h4-6,8H,3,7,13H2,1-2H3. The fourth-order valence-electron chi connectivity index (χ4n) is 1.32. The topological polar surface area (TPSA) is 52.0 Å². The second kappa shape index (κ2) is 4.78. The molecular weight excluding hydrogens is 220 g/mol. The molecule has 0 saturated carbocycles. The van der Waals surface area contributed by atoms with Crippen molar-refractivity contribution in [2.75, 3.05) is 11.5 Å². The van der Waals surface area contributed by atoms with Gasteiger partial charge in [-0.1, -0.05) is 32.0 Å². The Balaban J connectivity index is 2.13. The molecule has 0 aliphatic carbocycles. The summed E-state index contributed by atoms with van der Waals surface area (Å²) in [5.74, 6) is 1.73. The molecule has 2 rings (SSSR count). The summed E-state index contributed by atoms with van der Waals surface area (Å²) in [4.78, 5) is 4.40. The first-order valence-corrected chi connectivity index (χ1v) is 6.46. The number of nitrogens with zero attached hydrogens (tertiary/aromatic N) is 1. The van der Waals surface area contributed by atoms with Crippen LogP contribution in [-0.2, 0) is 0 Å². The van der Waals surface area contributed by atoms with E-state index < -0.39 is 0 Å². The molecule has 3 nitrogen and oxygen atoms in total. The monoisotopic (exact) mass is 236 g/mol. The van der Waals surface area contributed by atoms with Crippen molar-refractivity contribution < 1.29 is 4.42 Å². The van der Waals surface area contributed by atoms with Crippen LogP contribution in [0.2, 0.25) is 0 Å². The van der Waals surface area contributed by atoms with Gasteiger partial charge >= 0.3 is 0 Å². The molecule has 2 aromatic rings. The Morgan fingerprint density at radius 2 is 2.31 bits per heavy atom. The zero-order chi connectivity index (χ0) is 11.5. The summed E-state index contributed by atoms with van der Waals surface area (Å²) in [6, 6.07) is 5.54. The molecule has 0 aliphatic heterocycles. The minimum atomic E-state index is 0.685. The van der Waals surface area contributed by atoms with Gasteiger partial charge in [-0.3, -0.25) is 0 Å². The Morgan fingerprint density at radius 1 is 1.50 bits per heavy atom. The maximum absolute atomic E-state index is 5.69. The van der Waals surface area contributed by atoms with E-state index in [1.807, 2.05) is 18.2 Å². The van der Waals surface area contributed by atoms with E-state index in [9.17, 15) is 0 Å². The maximum Gasteiger partial charge on any atom is 0.256 e. The number of rotatable bonds is 4. The lowest BCUT2D eigenvalue weighted by atomic mass is 10.2. The van der Waals surface area contributed by atoms with E-state index in [0.29, 0.717) is 5.92 Å². The number of nitrogens with two attached hydrogens (primary N) is 1.